The minimum absolute atomic E-state index is 0.264. The third-order valence-corrected chi connectivity index (χ3v) is 2.12. The predicted molar refractivity (Wildman–Crippen MR) is 57.8 cm³/mol. The molecule has 0 aliphatic carbocycles. The van der Waals surface area contributed by atoms with Gasteiger partial charge in [0.25, 0.3) is 0 Å². The van der Waals surface area contributed by atoms with Gasteiger partial charge >= 0.3 is 0 Å². The van der Waals surface area contributed by atoms with E-state index in [1.165, 1.54) is 0 Å². The van der Waals surface area contributed by atoms with Gasteiger partial charge in [-0.3, -0.25) is 4.79 Å². The molecule has 0 radical (unpaired) electrons. The molecular weight excluding hydrogens is 192 g/mol. The van der Waals surface area contributed by atoms with E-state index in [4.69, 9.17) is 4.42 Å². The molecule has 4 heteroatoms. The summed E-state index contributed by atoms with van der Waals surface area (Å²) in [5.41, 5.74) is 2.24. The minimum Gasteiger partial charge on any atom is -0.440 e. The summed E-state index contributed by atoms with van der Waals surface area (Å²) in [4.78, 5) is 14.6. The summed E-state index contributed by atoms with van der Waals surface area (Å²) in [7, 11) is 0. The Kier molecular flexibility index (Phi) is 2.41. The number of carbonyl (C=O) groups excluding carboxylic acids is 1. The number of rotatable bonds is 3. The van der Waals surface area contributed by atoms with Crippen molar-refractivity contribution in [3.8, 4) is 0 Å². The van der Waals surface area contributed by atoms with Crippen LogP contribution in [-0.2, 0) is 4.79 Å². The number of carbonyl (C=O) groups is 1. The summed E-state index contributed by atoms with van der Waals surface area (Å²) < 4.78 is 5.54. The van der Waals surface area contributed by atoms with Crippen LogP contribution < -0.4 is 5.32 Å². The molecule has 0 spiro atoms. The van der Waals surface area contributed by atoms with Gasteiger partial charge in [0.2, 0.25) is 6.41 Å². The molecule has 0 bridgehead atoms. The molecule has 0 atom stereocenters. The first-order chi connectivity index (χ1) is 7.20. The van der Waals surface area contributed by atoms with Crippen molar-refractivity contribution in [3.63, 3.8) is 0 Å². The van der Waals surface area contributed by atoms with Crippen molar-refractivity contribution in [2.75, 3.05) is 5.32 Å². The van der Waals surface area contributed by atoms with Crippen LogP contribution in [0.15, 0.2) is 22.6 Å². The molecular formula is C11H12N2O2. The molecule has 78 valence electrons. The van der Waals surface area contributed by atoms with Crippen molar-refractivity contribution in [2.45, 2.75) is 19.8 Å². The van der Waals surface area contributed by atoms with Crippen LogP contribution in [0.2, 0.25) is 0 Å². The standard InChI is InChI=1S/C11H12N2O2/c1-7(2)11-13-9-5-8(12-6-14)3-4-10(9)15-11/h3-7H,1-2H3,(H,12,14). The number of benzene rings is 1. The zero-order valence-electron chi connectivity index (χ0n) is 8.65. The van der Waals surface area contributed by atoms with Gasteiger partial charge in [0.05, 0.1) is 0 Å². The van der Waals surface area contributed by atoms with Crippen molar-refractivity contribution in [1.29, 1.82) is 0 Å². The van der Waals surface area contributed by atoms with E-state index in [9.17, 15) is 4.79 Å². The van der Waals surface area contributed by atoms with E-state index in [2.05, 4.69) is 10.3 Å². The second-order valence-electron chi connectivity index (χ2n) is 3.65. The van der Waals surface area contributed by atoms with Crippen molar-refractivity contribution >= 4 is 23.2 Å². The summed E-state index contributed by atoms with van der Waals surface area (Å²) in [5.74, 6) is 0.980. The van der Waals surface area contributed by atoms with Crippen LogP contribution in [0, 0.1) is 0 Å². The lowest BCUT2D eigenvalue weighted by molar-refractivity contribution is -0.105. The fraction of sp³-hybridized carbons (Fsp3) is 0.273. The number of amides is 1. The monoisotopic (exact) mass is 204 g/mol. The first-order valence-corrected chi connectivity index (χ1v) is 4.81. The Morgan fingerprint density at radius 1 is 1.47 bits per heavy atom. The van der Waals surface area contributed by atoms with Crippen molar-refractivity contribution in [3.05, 3.63) is 24.1 Å². The van der Waals surface area contributed by atoms with Gasteiger partial charge in [-0.1, -0.05) is 13.8 Å². The van der Waals surface area contributed by atoms with Crippen LogP contribution in [0.3, 0.4) is 0 Å². The second kappa shape index (κ2) is 3.73. The molecule has 2 aromatic rings. The number of fused-ring (bicyclic) bond motifs is 1. The van der Waals surface area contributed by atoms with Crippen LogP contribution in [0.5, 0.6) is 0 Å². The van der Waals surface area contributed by atoms with E-state index in [0.29, 0.717) is 12.3 Å². The molecule has 0 aliphatic heterocycles. The minimum atomic E-state index is 0.264. The normalized spacial score (nSPS) is 10.9. The molecule has 0 aliphatic rings. The topological polar surface area (TPSA) is 55.1 Å². The van der Waals surface area contributed by atoms with E-state index in [1.54, 1.807) is 18.2 Å². The van der Waals surface area contributed by atoms with Gasteiger partial charge in [0.15, 0.2) is 11.5 Å². The smallest absolute Gasteiger partial charge is 0.211 e. The lowest BCUT2D eigenvalue weighted by Crippen LogP contribution is -1.92. The van der Waals surface area contributed by atoms with Crippen LogP contribution >= 0.6 is 0 Å². The lowest BCUT2D eigenvalue weighted by atomic mass is 10.2. The molecule has 1 N–H and O–H groups in total. The lowest BCUT2D eigenvalue weighted by Gasteiger charge is -1.95. The van der Waals surface area contributed by atoms with Gasteiger partial charge < -0.3 is 9.73 Å². The zero-order valence-corrected chi connectivity index (χ0v) is 8.65. The second-order valence-corrected chi connectivity index (χ2v) is 3.65. The number of nitrogens with zero attached hydrogens (tertiary/aromatic N) is 1. The number of nitrogens with one attached hydrogen (secondary N) is 1. The number of hydrogen-bond donors (Lipinski definition) is 1. The molecule has 0 unspecified atom stereocenters. The first kappa shape index (κ1) is 9.71. The summed E-state index contributed by atoms with van der Waals surface area (Å²) in [6, 6.07) is 5.38. The Morgan fingerprint density at radius 2 is 2.27 bits per heavy atom. The Hall–Kier alpha value is -1.84. The molecule has 1 aromatic carbocycles. The number of hydrogen-bond acceptors (Lipinski definition) is 3. The maximum Gasteiger partial charge on any atom is 0.211 e. The van der Waals surface area contributed by atoms with Crippen LogP contribution in [0.4, 0.5) is 5.69 Å². The van der Waals surface area contributed by atoms with Crippen LogP contribution in [0.1, 0.15) is 25.7 Å². The van der Waals surface area contributed by atoms with E-state index >= 15 is 0 Å². The number of aromatic nitrogens is 1. The van der Waals surface area contributed by atoms with Gasteiger partial charge in [0.1, 0.15) is 5.52 Å². The highest BCUT2D eigenvalue weighted by molar-refractivity contribution is 5.81. The van der Waals surface area contributed by atoms with Gasteiger partial charge in [-0.05, 0) is 18.2 Å². The first-order valence-electron chi connectivity index (χ1n) is 4.81. The summed E-state index contributed by atoms with van der Waals surface area (Å²) in [6.07, 6.45) is 0.643. The van der Waals surface area contributed by atoms with Gasteiger partial charge in [-0.15, -0.1) is 0 Å². The largest absolute Gasteiger partial charge is 0.440 e. The average Bonchev–Trinajstić information content (AvgIpc) is 2.61. The van der Waals surface area contributed by atoms with E-state index in [-0.39, 0.29) is 5.92 Å². The van der Waals surface area contributed by atoms with Gasteiger partial charge in [-0.25, -0.2) is 4.98 Å². The maximum atomic E-state index is 10.3. The molecule has 4 nitrogen and oxygen atoms in total. The number of oxazole rings is 1. The summed E-state index contributed by atoms with van der Waals surface area (Å²) in [6.45, 7) is 4.05. The fourth-order valence-corrected chi connectivity index (χ4v) is 1.35. The van der Waals surface area contributed by atoms with Gasteiger partial charge in [-0.2, -0.15) is 0 Å². The molecule has 1 aromatic heterocycles. The molecule has 0 saturated carbocycles. The SMILES string of the molecule is CC(C)c1nc2cc(NC=O)ccc2o1. The Bertz CT molecular complexity index is 488. The van der Waals surface area contributed by atoms with Crippen molar-refractivity contribution in [2.24, 2.45) is 0 Å². The highest BCUT2D eigenvalue weighted by Gasteiger charge is 2.09. The van der Waals surface area contributed by atoms with Crippen LogP contribution in [-0.4, -0.2) is 11.4 Å². The molecule has 1 amide bonds. The van der Waals surface area contributed by atoms with Crippen LogP contribution in [0.25, 0.3) is 11.1 Å². The number of anilines is 1. The fourth-order valence-electron chi connectivity index (χ4n) is 1.35. The Balaban J connectivity index is 2.47. The van der Waals surface area contributed by atoms with E-state index in [1.807, 2.05) is 13.8 Å². The molecule has 0 fully saturated rings. The summed E-state index contributed by atoms with van der Waals surface area (Å²) >= 11 is 0. The molecule has 15 heavy (non-hydrogen) atoms. The third-order valence-electron chi connectivity index (χ3n) is 2.12. The summed E-state index contributed by atoms with van der Waals surface area (Å²) in [5, 5.41) is 2.58. The Labute approximate surface area is 87.3 Å². The third kappa shape index (κ3) is 1.83. The average molecular weight is 204 g/mol. The highest BCUT2D eigenvalue weighted by atomic mass is 16.3. The van der Waals surface area contributed by atoms with Crippen molar-refractivity contribution in [1.82, 2.24) is 4.98 Å². The highest BCUT2D eigenvalue weighted by Crippen LogP contribution is 2.23. The van der Waals surface area contributed by atoms with Gasteiger partial charge in [0, 0.05) is 11.6 Å². The quantitative estimate of drug-likeness (QED) is 0.781. The Morgan fingerprint density at radius 3 is 2.93 bits per heavy atom. The zero-order chi connectivity index (χ0) is 10.8. The molecule has 2 rings (SSSR count). The maximum absolute atomic E-state index is 10.3. The predicted octanol–water partition coefficient (Wildman–Crippen LogP) is 2.52. The van der Waals surface area contributed by atoms with E-state index in [0.717, 1.165) is 16.8 Å². The van der Waals surface area contributed by atoms with Crippen molar-refractivity contribution < 1.29 is 9.21 Å². The molecule has 0 saturated heterocycles. The molecule has 1 heterocycles. The van der Waals surface area contributed by atoms with E-state index < -0.39 is 0 Å².